The number of aryl methyl sites for hydroxylation is 3. The first-order valence-corrected chi connectivity index (χ1v) is 12.9. The van der Waals surface area contributed by atoms with Gasteiger partial charge in [-0.05, 0) is 63.7 Å². The highest BCUT2D eigenvalue weighted by Gasteiger charge is 2.22. The summed E-state index contributed by atoms with van der Waals surface area (Å²) in [5.74, 6) is -0.247. The number of likely N-dealkylation sites (N-methyl/N-ethyl adjacent to an activating group) is 1. The molecule has 0 spiro atoms. The Morgan fingerprint density at radius 1 is 1.10 bits per heavy atom. The number of carbonyl (C=O) groups excluding carboxylic acids is 1. The van der Waals surface area contributed by atoms with E-state index in [9.17, 15) is 4.79 Å². The lowest BCUT2D eigenvalue weighted by Crippen LogP contribution is -2.18. The van der Waals surface area contributed by atoms with Gasteiger partial charge < -0.3 is 15.2 Å². The largest absolute Gasteiger partial charge is 0.339 e. The fraction of sp³-hybridized carbons (Fsp3) is 0.267. The Morgan fingerprint density at radius 3 is 2.59 bits per heavy atom. The van der Waals surface area contributed by atoms with Crippen LogP contribution in [-0.4, -0.2) is 61.0 Å². The predicted octanol–water partition coefficient (Wildman–Crippen LogP) is 5.11. The fourth-order valence-electron chi connectivity index (χ4n) is 4.86. The van der Waals surface area contributed by atoms with Crippen LogP contribution in [0.15, 0.2) is 55.6 Å². The second-order valence-corrected chi connectivity index (χ2v) is 10.2. The van der Waals surface area contributed by atoms with Gasteiger partial charge in [0.15, 0.2) is 0 Å². The Kier molecular flexibility index (Phi) is 6.93. The van der Waals surface area contributed by atoms with Crippen molar-refractivity contribution >= 4 is 22.6 Å². The zero-order valence-electron chi connectivity index (χ0n) is 23.3. The van der Waals surface area contributed by atoms with Gasteiger partial charge in [-0.15, -0.1) is 0 Å². The Labute approximate surface area is 228 Å². The van der Waals surface area contributed by atoms with E-state index in [2.05, 4.69) is 72.2 Å². The van der Waals surface area contributed by atoms with Crippen molar-refractivity contribution in [2.45, 2.75) is 27.3 Å². The Morgan fingerprint density at radius 2 is 1.90 bits per heavy atom. The Hall–Kier alpha value is -4.50. The highest BCUT2D eigenvalue weighted by Crippen LogP contribution is 2.42. The Balaban J connectivity index is 1.75. The van der Waals surface area contributed by atoms with Crippen LogP contribution in [0.1, 0.15) is 16.8 Å². The molecular weight excluding hydrogens is 488 g/mol. The molecule has 5 rings (SSSR count). The second-order valence-electron chi connectivity index (χ2n) is 10.2. The van der Waals surface area contributed by atoms with Crippen LogP contribution < -0.4 is 5.32 Å². The van der Waals surface area contributed by atoms with E-state index >= 15 is 0 Å². The molecule has 0 aliphatic carbocycles. The maximum Gasteiger partial charge on any atom is 0.247 e. The zero-order valence-corrected chi connectivity index (χ0v) is 23.3. The van der Waals surface area contributed by atoms with Crippen molar-refractivity contribution in [3.63, 3.8) is 0 Å². The van der Waals surface area contributed by atoms with Crippen LogP contribution in [0.4, 0.5) is 5.69 Å². The minimum Gasteiger partial charge on any atom is -0.339 e. The topological polar surface area (TPSA) is 96.7 Å². The van der Waals surface area contributed by atoms with Crippen LogP contribution in [0.25, 0.3) is 44.5 Å². The van der Waals surface area contributed by atoms with Gasteiger partial charge in [0.25, 0.3) is 0 Å². The van der Waals surface area contributed by atoms with Gasteiger partial charge >= 0.3 is 0 Å². The lowest BCUT2D eigenvalue weighted by molar-refractivity contribution is -0.111. The molecule has 0 radical (unpaired) electrons. The summed E-state index contributed by atoms with van der Waals surface area (Å²) >= 11 is 0. The third-order valence-electron chi connectivity index (χ3n) is 7.28. The van der Waals surface area contributed by atoms with Crippen LogP contribution >= 0.6 is 0 Å². The zero-order chi connectivity index (χ0) is 27.8. The summed E-state index contributed by atoms with van der Waals surface area (Å²) in [4.78, 5) is 22.7. The van der Waals surface area contributed by atoms with Crippen molar-refractivity contribution in [3.8, 4) is 33.5 Å². The summed E-state index contributed by atoms with van der Waals surface area (Å²) in [5, 5.41) is 13.1. The average Bonchev–Trinajstić information content (AvgIpc) is 3.62. The van der Waals surface area contributed by atoms with E-state index in [4.69, 9.17) is 4.98 Å². The van der Waals surface area contributed by atoms with Gasteiger partial charge in [-0.3, -0.25) is 14.2 Å². The van der Waals surface area contributed by atoms with Gasteiger partial charge in [0.2, 0.25) is 5.91 Å². The van der Waals surface area contributed by atoms with Crippen LogP contribution in [0.3, 0.4) is 0 Å². The van der Waals surface area contributed by atoms with Crippen LogP contribution in [0, 0.1) is 20.8 Å². The quantitative estimate of drug-likeness (QED) is 0.276. The first kappa shape index (κ1) is 26.1. The van der Waals surface area contributed by atoms with Gasteiger partial charge in [-0.2, -0.15) is 10.2 Å². The number of rotatable bonds is 8. The van der Waals surface area contributed by atoms with Crippen LogP contribution in [0.5, 0.6) is 0 Å². The maximum atomic E-state index is 12.2. The van der Waals surface area contributed by atoms with E-state index in [0.717, 1.165) is 80.1 Å². The lowest BCUT2D eigenvalue weighted by atomic mass is 9.93. The number of hydrogen-bond donors (Lipinski definition) is 2. The van der Waals surface area contributed by atoms with E-state index in [0.29, 0.717) is 0 Å². The molecule has 0 unspecified atom stereocenters. The molecule has 0 bridgehead atoms. The molecule has 0 saturated carbocycles. The van der Waals surface area contributed by atoms with Crippen molar-refractivity contribution < 1.29 is 4.79 Å². The fourth-order valence-corrected chi connectivity index (χ4v) is 4.86. The highest BCUT2D eigenvalue weighted by atomic mass is 16.1. The van der Waals surface area contributed by atoms with Crippen LogP contribution in [-0.2, 0) is 18.4 Å². The summed E-state index contributed by atoms with van der Waals surface area (Å²) in [7, 11) is 6.05. The molecule has 0 fully saturated rings. The van der Waals surface area contributed by atoms with Gasteiger partial charge in [-0.1, -0.05) is 18.7 Å². The van der Waals surface area contributed by atoms with Crippen molar-refractivity contribution in [1.29, 1.82) is 0 Å². The number of benzene rings is 1. The molecule has 0 aliphatic rings. The maximum absolute atomic E-state index is 12.2. The summed E-state index contributed by atoms with van der Waals surface area (Å²) in [5.41, 5.74) is 10.6. The van der Waals surface area contributed by atoms with Crippen molar-refractivity contribution in [2.75, 3.05) is 26.0 Å². The number of hydrogen-bond acceptors (Lipinski definition) is 5. The first-order valence-electron chi connectivity index (χ1n) is 12.9. The molecule has 2 N–H and O–H groups in total. The number of aromatic amines is 1. The average molecular weight is 523 g/mol. The Bertz CT molecular complexity index is 1700. The number of nitrogens with zero attached hydrogens (tertiary/aromatic N) is 6. The third kappa shape index (κ3) is 4.88. The molecule has 5 aromatic rings. The molecule has 0 atom stereocenters. The number of amides is 1. The lowest BCUT2D eigenvalue weighted by Gasteiger charge is -2.12. The molecule has 39 heavy (non-hydrogen) atoms. The number of aromatic nitrogens is 6. The first-order chi connectivity index (χ1) is 18.7. The SMILES string of the molecule is C=CC(=O)Nc1cc(-c2c(-c3cnn(CCN(C)C)c3)[nH]c3ncc(-c4cnn(C)c4C)c(C)c23)ccc1C. The van der Waals surface area contributed by atoms with E-state index in [-0.39, 0.29) is 5.91 Å². The highest BCUT2D eigenvalue weighted by molar-refractivity contribution is 6.07. The van der Waals surface area contributed by atoms with Crippen LogP contribution in [0.2, 0.25) is 0 Å². The predicted molar refractivity (Wildman–Crippen MR) is 157 cm³/mol. The smallest absolute Gasteiger partial charge is 0.247 e. The standard InChI is InChI=1S/C30H34N8O/c1-8-26(39)34-25-13-21(10-9-18(25)2)28-27-19(3)23(24-16-32-37(7)20(24)4)15-31-30(27)35-29(28)22-14-33-38(17-22)12-11-36(5)6/h8-10,13-17H,1,11-12H2,2-7H3,(H,31,35)(H,34,39). The summed E-state index contributed by atoms with van der Waals surface area (Å²) in [6.07, 6.45) is 9.04. The minimum absolute atomic E-state index is 0.247. The van der Waals surface area contributed by atoms with Gasteiger partial charge in [-0.25, -0.2) is 4.98 Å². The number of H-pyrrole nitrogens is 1. The van der Waals surface area contributed by atoms with Gasteiger partial charge in [0.1, 0.15) is 5.65 Å². The number of pyridine rings is 1. The monoisotopic (exact) mass is 522 g/mol. The molecule has 200 valence electrons. The molecule has 1 aromatic carbocycles. The van der Waals surface area contributed by atoms with Crippen molar-refractivity contribution in [3.05, 3.63) is 72.5 Å². The van der Waals surface area contributed by atoms with Gasteiger partial charge in [0.05, 0.1) is 24.6 Å². The summed E-state index contributed by atoms with van der Waals surface area (Å²) < 4.78 is 3.83. The molecule has 4 heterocycles. The summed E-state index contributed by atoms with van der Waals surface area (Å²) in [6, 6.07) is 6.12. The van der Waals surface area contributed by atoms with E-state index in [1.165, 1.54) is 6.08 Å². The van der Waals surface area contributed by atoms with Crippen molar-refractivity contribution in [1.82, 2.24) is 34.4 Å². The number of nitrogens with one attached hydrogen (secondary N) is 2. The molecule has 0 aliphatic heterocycles. The number of carbonyl (C=O) groups is 1. The number of anilines is 1. The molecule has 1 amide bonds. The minimum atomic E-state index is -0.247. The second kappa shape index (κ2) is 10.3. The normalized spacial score (nSPS) is 11.5. The molecule has 4 aromatic heterocycles. The van der Waals surface area contributed by atoms with E-state index < -0.39 is 0 Å². The molecule has 9 nitrogen and oxygen atoms in total. The van der Waals surface area contributed by atoms with Gasteiger partial charge in [0, 0.05) is 65.0 Å². The molecule has 9 heteroatoms. The summed E-state index contributed by atoms with van der Waals surface area (Å²) in [6.45, 7) is 11.4. The molecular formula is C30H34N8O. The van der Waals surface area contributed by atoms with Crippen molar-refractivity contribution in [2.24, 2.45) is 7.05 Å². The van der Waals surface area contributed by atoms with E-state index in [1.54, 1.807) is 0 Å². The van der Waals surface area contributed by atoms with E-state index in [1.807, 2.05) is 54.1 Å². The third-order valence-corrected chi connectivity index (χ3v) is 7.28. The number of fused-ring (bicyclic) bond motifs is 1. The molecule has 0 saturated heterocycles.